The van der Waals surface area contributed by atoms with Crippen LogP contribution < -0.4 is 0 Å². The zero-order chi connectivity index (χ0) is 26.7. The standard InChI is InChI=1S/C31H22.3C2H6/c1-31(2)28-16-15-24-23-10-6-5-7-19(23)11-13-25(24)29(28)26-14-12-22-17-20-8-3-4-9-21(20)18-27(22)30(26)31;3*1-2/h3-18H,1-2H3;3*1-2H3. The van der Waals surface area contributed by atoms with Crippen molar-refractivity contribution in [1.82, 2.24) is 0 Å². The molecule has 0 unspecified atom stereocenters. The van der Waals surface area contributed by atoms with Crippen molar-refractivity contribution in [2.75, 3.05) is 0 Å². The maximum Gasteiger partial charge on any atom is 0.0165 e. The molecule has 6 aromatic carbocycles. The first-order chi connectivity index (χ1) is 18.1. The van der Waals surface area contributed by atoms with E-state index in [2.05, 4.69) is 111 Å². The average molecular weight is 485 g/mol. The molecule has 0 radical (unpaired) electrons. The number of rotatable bonds is 0. The molecule has 0 N–H and O–H groups in total. The Labute approximate surface area is 223 Å². The van der Waals surface area contributed by atoms with E-state index in [1.54, 1.807) is 0 Å². The first kappa shape index (κ1) is 26.4. The van der Waals surface area contributed by atoms with Crippen LogP contribution in [0.3, 0.4) is 0 Å². The molecule has 1 aliphatic carbocycles. The summed E-state index contributed by atoms with van der Waals surface area (Å²) in [4.78, 5) is 0. The van der Waals surface area contributed by atoms with E-state index in [1.165, 1.54) is 65.3 Å². The van der Waals surface area contributed by atoms with E-state index in [1.807, 2.05) is 41.5 Å². The summed E-state index contributed by atoms with van der Waals surface area (Å²) in [7, 11) is 0. The second-order valence-electron chi connectivity index (χ2n) is 9.40. The molecule has 1 aliphatic rings. The summed E-state index contributed by atoms with van der Waals surface area (Å²) in [6, 6.07) is 36.1. The van der Waals surface area contributed by atoms with Crippen molar-refractivity contribution in [3.8, 4) is 11.1 Å². The van der Waals surface area contributed by atoms with Gasteiger partial charge in [-0.25, -0.2) is 0 Å². The van der Waals surface area contributed by atoms with Gasteiger partial charge in [-0.3, -0.25) is 0 Å². The van der Waals surface area contributed by atoms with Gasteiger partial charge in [-0.2, -0.15) is 0 Å². The van der Waals surface area contributed by atoms with Crippen molar-refractivity contribution in [2.45, 2.75) is 60.8 Å². The predicted molar refractivity (Wildman–Crippen MR) is 168 cm³/mol. The molecule has 188 valence electrons. The summed E-state index contributed by atoms with van der Waals surface area (Å²) < 4.78 is 0. The van der Waals surface area contributed by atoms with E-state index in [9.17, 15) is 0 Å². The SMILES string of the molecule is CC.CC.CC.CC1(C)c2ccc3c(ccc4ccccc43)c2-c2ccc3cc4ccccc4cc3c21. The molecule has 0 bridgehead atoms. The Morgan fingerprint density at radius 3 is 1.70 bits per heavy atom. The van der Waals surface area contributed by atoms with Gasteiger partial charge in [-0.15, -0.1) is 0 Å². The third-order valence-corrected chi connectivity index (χ3v) is 7.38. The largest absolute Gasteiger partial charge is 0.0683 e. The van der Waals surface area contributed by atoms with Gasteiger partial charge in [0.15, 0.2) is 0 Å². The fourth-order valence-corrected chi connectivity index (χ4v) is 5.93. The lowest BCUT2D eigenvalue weighted by Crippen LogP contribution is -2.15. The van der Waals surface area contributed by atoms with Gasteiger partial charge in [0.05, 0.1) is 0 Å². The van der Waals surface area contributed by atoms with Crippen LogP contribution in [-0.2, 0) is 5.41 Å². The van der Waals surface area contributed by atoms with Crippen LogP contribution in [0.1, 0.15) is 66.5 Å². The molecule has 0 aromatic heterocycles. The number of benzene rings is 6. The summed E-state index contributed by atoms with van der Waals surface area (Å²) >= 11 is 0. The lowest BCUT2D eigenvalue weighted by atomic mass is 9.79. The van der Waals surface area contributed by atoms with Gasteiger partial charge in [0, 0.05) is 5.41 Å². The third kappa shape index (κ3) is 4.09. The highest BCUT2D eigenvalue weighted by atomic mass is 14.4. The van der Waals surface area contributed by atoms with Crippen LogP contribution in [0.2, 0.25) is 0 Å². The van der Waals surface area contributed by atoms with Crippen molar-refractivity contribution < 1.29 is 0 Å². The lowest BCUT2D eigenvalue weighted by Gasteiger charge is -2.23. The Bertz CT molecular complexity index is 1700. The van der Waals surface area contributed by atoms with Crippen LogP contribution in [0.15, 0.2) is 97.1 Å². The van der Waals surface area contributed by atoms with Crippen LogP contribution in [0, 0.1) is 0 Å². The maximum atomic E-state index is 2.40. The first-order valence-corrected chi connectivity index (χ1v) is 14.0. The molecule has 0 saturated carbocycles. The van der Waals surface area contributed by atoms with Gasteiger partial charge in [0.2, 0.25) is 0 Å². The molecule has 0 amide bonds. The van der Waals surface area contributed by atoms with Crippen LogP contribution >= 0.6 is 0 Å². The van der Waals surface area contributed by atoms with Gasteiger partial charge in [0.25, 0.3) is 0 Å². The van der Waals surface area contributed by atoms with E-state index in [-0.39, 0.29) is 5.41 Å². The molecule has 0 heteroatoms. The molecule has 0 fully saturated rings. The van der Waals surface area contributed by atoms with Crippen LogP contribution in [0.25, 0.3) is 54.2 Å². The molecule has 0 spiro atoms. The second-order valence-corrected chi connectivity index (χ2v) is 9.40. The van der Waals surface area contributed by atoms with Crippen LogP contribution in [0.4, 0.5) is 0 Å². The second kappa shape index (κ2) is 10.8. The van der Waals surface area contributed by atoms with Gasteiger partial charge in [0.1, 0.15) is 0 Å². The van der Waals surface area contributed by atoms with E-state index in [4.69, 9.17) is 0 Å². The fourth-order valence-electron chi connectivity index (χ4n) is 5.93. The Morgan fingerprint density at radius 2 is 1.00 bits per heavy atom. The molecule has 0 aliphatic heterocycles. The van der Waals surface area contributed by atoms with Crippen molar-refractivity contribution in [1.29, 1.82) is 0 Å². The molecule has 0 heterocycles. The first-order valence-electron chi connectivity index (χ1n) is 14.0. The van der Waals surface area contributed by atoms with E-state index >= 15 is 0 Å². The quantitative estimate of drug-likeness (QED) is 0.148. The van der Waals surface area contributed by atoms with Crippen molar-refractivity contribution in [3.05, 3.63) is 108 Å². The topological polar surface area (TPSA) is 0 Å². The molecule has 7 rings (SSSR count). The average Bonchev–Trinajstić information content (AvgIpc) is 3.21. The summed E-state index contributed by atoms with van der Waals surface area (Å²) in [5.41, 5.74) is 5.67. The zero-order valence-electron chi connectivity index (χ0n) is 23.7. The molecule has 0 atom stereocenters. The fraction of sp³-hybridized carbons (Fsp3) is 0.243. The molecular weight excluding hydrogens is 444 g/mol. The van der Waals surface area contributed by atoms with Gasteiger partial charge in [-0.1, -0.05) is 140 Å². The van der Waals surface area contributed by atoms with Gasteiger partial charge >= 0.3 is 0 Å². The Kier molecular flexibility index (Phi) is 7.69. The molecule has 0 saturated heterocycles. The monoisotopic (exact) mass is 484 g/mol. The lowest BCUT2D eigenvalue weighted by molar-refractivity contribution is 0.667. The van der Waals surface area contributed by atoms with Gasteiger partial charge < -0.3 is 0 Å². The van der Waals surface area contributed by atoms with E-state index in [0.717, 1.165) is 0 Å². The maximum absolute atomic E-state index is 2.40. The molecule has 6 aromatic rings. The molecule has 37 heavy (non-hydrogen) atoms. The van der Waals surface area contributed by atoms with Gasteiger partial charge in [-0.05, 0) is 77.5 Å². The Balaban J connectivity index is 0.000000500. The van der Waals surface area contributed by atoms with Crippen molar-refractivity contribution in [2.24, 2.45) is 0 Å². The number of hydrogen-bond donors (Lipinski definition) is 0. The minimum absolute atomic E-state index is 0.0352. The zero-order valence-corrected chi connectivity index (χ0v) is 23.7. The predicted octanol–water partition coefficient (Wildman–Crippen LogP) is 11.7. The summed E-state index contributed by atoms with van der Waals surface area (Å²) in [6.45, 7) is 16.8. The minimum atomic E-state index is -0.0352. The summed E-state index contributed by atoms with van der Waals surface area (Å²) in [5.74, 6) is 0. The van der Waals surface area contributed by atoms with Crippen LogP contribution in [-0.4, -0.2) is 0 Å². The van der Waals surface area contributed by atoms with E-state index < -0.39 is 0 Å². The smallest absolute Gasteiger partial charge is 0.0165 e. The summed E-state index contributed by atoms with van der Waals surface area (Å²) in [6.07, 6.45) is 0. The Morgan fingerprint density at radius 1 is 0.432 bits per heavy atom. The molecular formula is C37H40. The molecule has 0 nitrogen and oxygen atoms in total. The van der Waals surface area contributed by atoms with Crippen LogP contribution in [0.5, 0.6) is 0 Å². The van der Waals surface area contributed by atoms with Crippen molar-refractivity contribution >= 4 is 43.1 Å². The highest BCUT2D eigenvalue weighted by Gasteiger charge is 2.37. The highest BCUT2D eigenvalue weighted by Crippen LogP contribution is 2.54. The Hall–Kier alpha value is -3.64. The normalized spacial score (nSPS) is 12.5. The highest BCUT2D eigenvalue weighted by molar-refractivity contribution is 6.15. The third-order valence-electron chi connectivity index (χ3n) is 7.38. The van der Waals surface area contributed by atoms with Crippen molar-refractivity contribution in [3.63, 3.8) is 0 Å². The summed E-state index contributed by atoms with van der Waals surface area (Å²) in [5, 5.41) is 10.7. The van der Waals surface area contributed by atoms with E-state index in [0.29, 0.717) is 0 Å². The number of hydrogen-bond acceptors (Lipinski definition) is 0. The number of fused-ring (bicyclic) bond motifs is 10. The minimum Gasteiger partial charge on any atom is -0.0683 e.